The molecule has 1 heterocycles. The highest BCUT2D eigenvalue weighted by Crippen LogP contribution is 2.27. The molecule has 0 radical (unpaired) electrons. The normalized spacial score (nSPS) is 13.4. The van der Waals surface area contributed by atoms with Crippen LogP contribution in [0.25, 0.3) is 0 Å². The lowest BCUT2D eigenvalue weighted by Crippen LogP contribution is -2.24. The minimum atomic E-state index is 0. The summed E-state index contributed by atoms with van der Waals surface area (Å²) >= 11 is 0. The second-order valence-corrected chi connectivity index (χ2v) is 6.29. The Balaban J connectivity index is 0.00000261. The molecule has 0 unspecified atom stereocenters. The molecule has 7 heteroatoms. The third kappa shape index (κ3) is 6.07. The molecule has 3 rings (SSSR count). The summed E-state index contributed by atoms with van der Waals surface area (Å²) in [6, 6.07) is 10.1. The molecule has 0 bridgehead atoms. The minimum absolute atomic E-state index is 0. The Morgan fingerprint density at radius 3 is 2.89 bits per heavy atom. The van der Waals surface area contributed by atoms with Gasteiger partial charge in [-0.1, -0.05) is 18.2 Å². The maximum atomic E-state index is 6.12. The van der Waals surface area contributed by atoms with Crippen LogP contribution in [0.4, 0.5) is 5.69 Å². The van der Waals surface area contributed by atoms with Crippen molar-refractivity contribution < 1.29 is 9.47 Å². The Morgan fingerprint density at radius 1 is 1.19 bits per heavy atom. The smallest absolute Gasteiger partial charge is 0.218 e. The first kappa shape index (κ1) is 21.4. The number of fused-ring (bicyclic) bond motifs is 1. The molecule has 0 saturated carbocycles. The molecule has 27 heavy (non-hydrogen) atoms. The molecule has 0 saturated heterocycles. The summed E-state index contributed by atoms with van der Waals surface area (Å²) in [5.74, 6) is 0.967. The number of rotatable bonds is 7. The molecular formula is C20H27IN4O2. The van der Waals surface area contributed by atoms with Gasteiger partial charge in [-0.2, -0.15) is 0 Å². The molecule has 0 amide bonds. The van der Waals surface area contributed by atoms with Gasteiger partial charge in [0.25, 0.3) is 0 Å². The van der Waals surface area contributed by atoms with E-state index >= 15 is 0 Å². The SMILES string of the molecule is COCCOc1ncccc1CN=C(N)Nc1cccc2c1CCCC2.I. The number of aryl methyl sites for hydroxylation is 1. The van der Waals surface area contributed by atoms with Crippen LogP contribution in [0.15, 0.2) is 41.5 Å². The first-order valence-corrected chi connectivity index (χ1v) is 9.01. The van der Waals surface area contributed by atoms with Gasteiger partial charge in [0.2, 0.25) is 5.88 Å². The molecular weight excluding hydrogens is 455 g/mol. The number of nitrogens with two attached hydrogens (primary N) is 1. The van der Waals surface area contributed by atoms with Gasteiger partial charge in [-0.3, -0.25) is 0 Å². The zero-order chi connectivity index (χ0) is 18.2. The van der Waals surface area contributed by atoms with Crippen molar-refractivity contribution in [3.63, 3.8) is 0 Å². The first-order valence-electron chi connectivity index (χ1n) is 9.01. The highest BCUT2D eigenvalue weighted by Gasteiger charge is 2.13. The van der Waals surface area contributed by atoms with Crippen LogP contribution in [-0.2, 0) is 24.1 Å². The Kier molecular flexibility index (Phi) is 8.80. The van der Waals surface area contributed by atoms with E-state index in [4.69, 9.17) is 15.2 Å². The highest BCUT2D eigenvalue weighted by atomic mass is 127. The van der Waals surface area contributed by atoms with Crippen molar-refractivity contribution in [1.82, 2.24) is 4.98 Å². The van der Waals surface area contributed by atoms with E-state index in [0.29, 0.717) is 31.6 Å². The summed E-state index contributed by atoms with van der Waals surface area (Å²) in [6.45, 7) is 1.38. The molecule has 146 valence electrons. The van der Waals surface area contributed by atoms with Crippen LogP contribution in [-0.4, -0.2) is 31.3 Å². The number of nitrogens with one attached hydrogen (secondary N) is 1. The second kappa shape index (κ2) is 11.1. The predicted octanol–water partition coefficient (Wildman–Crippen LogP) is 3.53. The molecule has 0 fully saturated rings. The number of hydrogen-bond donors (Lipinski definition) is 2. The number of halogens is 1. The Morgan fingerprint density at radius 2 is 2.04 bits per heavy atom. The van der Waals surface area contributed by atoms with Crippen LogP contribution in [0.2, 0.25) is 0 Å². The summed E-state index contributed by atoms with van der Waals surface area (Å²) in [5.41, 5.74) is 10.8. The lowest BCUT2D eigenvalue weighted by atomic mass is 9.90. The van der Waals surface area contributed by atoms with E-state index in [1.807, 2.05) is 12.1 Å². The van der Waals surface area contributed by atoms with Crippen molar-refractivity contribution >= 4 is 35.6 Å². The lowest BCUT2D eigenvalue weighted by molar-refractivity contribution is 0.143. The van der Waals surface area contributed by atoms with Crippen molar-refractivity contribution in [3.8, 4) is 5.88 Å². The maximum absolute atomic E-state index is 6.12. The number of nitrogens with zero attached hydrogens (tertiary/aromatic N) is 2. The predicted molar refractivity (Wildman–Crippen MR) is 119 cm³/mol. The number of ether oxygens (including phenoxy) is 2. The van der Waals surface area contributed by atoms with Crippen molar-refractivity contribution in [2.24, 2.45) is 10.7 Å². The number of benzene rings is 1. The van der Waals surface area contributed by atoms with Gasteiger partial charge >= 0.3 is 0 Å². The minimum Gasteiger partial charge on any atom is -0.475 e. The monoisotopic (exact) mass is 482 g/mol. The van der Waals surface area contributed by atoms with E-state index in [9.17, 15) is 0 Å². The van der Waals surface area contributed by atoms with Crippen LogP contribution >= 0.6 is 24.0 Å². The highest BCUT2D eigenvalue weighted by molar-refractivity contribution is 14.0. The fourth-order valence-corrected chi connectivity index (χ4v) is 3.14. The largest absolute Gasteiger partial charge is 0.475 e. The number of methoxy groups -OCH3 is 1. The molecule has 2 aromatic rings. The molecule has 1 aromatic carbocycles. The van der Waals surface area contributed by atoms with Gasteiger partial charge in [0.1, 0.15) is 6.61 Å². The number of aliphatic imine (C=N–C) groups is 1. The van der Waals surface area contributed by atoms with E-state index in [0.717, 1.165) is 24.1 Å². The number of aromatic nitrogens is 1. The summed E-state index contributed by atoms with van der Waals surface area (Å²) in [7, 11) is 1.64. The van der Waals surface area contributed by atoms with Crippen LogP contribution < -0.4 is 15.8 Å². The fraction of sp³-hybridized carbons (Fsp3) is 0.400. The van der Waals surface area contributed by atoms with Gasteiger partial charge in [-0.15, -0.1) is 24.0 Å². The van der Waals surface area contributed by atoms with Gasteiger partial charge in [-0.05, 0) is 48.9 Å². The number of hydrogen-bond acceptors (Lipinski definition) is 4. The van der Waals surface area contributed by atoms with Crippen molar-refractivity contribution in [3.05, 3.63) is 53.2 Å². The lowest BCUT2D eigenvalue weighted by Gasteiger charge is -2.19. The number of anilines is 1. The molecule has 0 atom stereocenters. The van der Waals surface area contributed by atoms with Gasteiger partial charge in [0.15, 0.2) is 5.96 Å². The average molecular weight is 482 g/mol. The average Bonchev–Trinajstić information content (AvgIpc) is 2.68. The fourth-order valence-electron chi connectivity index (χ4n) is 3.14. The molecule has 1 aliphatic carbocycles. The van der Waals surface area contributed by atoms with E-state index < -0.39 is 0 Å². The zero-order valence-corrected chi connectivity index (χ0v) is 17.9. The summed E-state index contributed by atoms with van der Waals surface area (Å²) < 4.78 is 10.6. The zero-order valence-electron chi connectivity index (χ0n) is 15.6. The van der Waals surface area contributed by atoms with E-state index in [1.54, 1.807) is 13.3 Å². The summed E-state index contributed by atoms with van der Waals surface area (Å²) in [6.07, 6.45) is 6.41. The van der Waals surface area contributed by atoms with E-state index in [1.165, 1.54) is 24.0 Å². The quantitative estimate of drug-likeness (QED) is 0.273. The topological polar surface area (TPSA) is 81.8 Å². The Labute approximate surface area is 177 Å². The van der Waals surface area contributed by atoms with Gasteiger partial charge in [0.05, 0.1) is 13.2 Å². The van der Waals surface area contributed by atoms with Crippen molar-refractivity contribution in [2.45, 2.75) is 32.2 Å². The molecule has 1 aromatic heterocycles. The third-order valence-electron chi connectivity index (χ3n) is 4.45. The Hall–Kier alpha value is -1.87. The van der Waals surface area contributed by atoms with Crippen molar-refractivity contribution in [2.75, 3.05) is 25.6 Å². The Bertz CT molecular complexity index is 767. The maximum Gasteiger partial charge on any atom is 0.218 e. The first-order chi connectivity index (χ1) is 12.8. The van der Waals surface area contributed by atoms with Crippen molar-refractivity contribution in [1.29, 1.82) is 0 Å². The van der Waals surface area contributed by atoms with Crippen LogP contribution in [0.3, 0.4) is 0 Å². The van der Waals surface area contributed by atoms with Gasteiger partial charge in [0, 0.05) is 24.6 Å². The van der Waals surface area contributed by atoms with Gasteiger partial charge in [-0.25, -0.2) is 9.98 Å². The summed E-state index contributed by atoms with van der Waals surface area (Å²) in [5, 5.41) is 3.26. The molecule has 1 aliphatic rings. The van der Waals surface area contributed by atoms with E-state index in [-0.39, 0.29) is 24.0 Å². The second-order valence-electron chi connectivity index (χ2n) is 6.29. The molecule has 0 aliphatic heterocycles. The molecule has 6 nitrogen and oxygen atoms in total. The van der Waals surface area contributed by atoms with Crippen LogP contribution in [0, 0.1) is 0 Å². The number of guanidine groups is 1. The number of pyridine rings is 1. The molecule has 3 N–H and O–H groups in total. The molecule has 0 spiro atoms. The standard InChI is InChI=1S/C20H26N4O2.HI/c1-25-12-13-26-19-16(8-5-11-22-19)14-23-20(21)24-18-10-4-7-15-6-2-3-9-17(15)18;/h4-5,7-8,10-11H,2-3,6,9,12-14H2,1H3,(H3,21,23,24);1H. The van der Waals surface area contributed by atoms with E-state index in [2.05, 4.69) is 33.5 Å². The third-order valence-corrected chi connectivity index (χ3v) is 4.45. The summed E-state index contributed by atoms with van der Waals surface area (Å²) in [4.78, 5) is 8.72. The van der Waals surface area contributed by atoms with Gasteiger partial charge < -0.3 is 20.5 Å². The van der Waals surface area contributed by atoms with Crippen LogP contribution in [0.5, 0.6) is 5.88 Å². The van der Waals surface area contributed by atoms with Crippen LogP contribution in [0.1, 0.15) is 29.5 Å².